The fraction of sp³-hybridized carbons (Fsp3) is 0.224. The van der Waals surface area contributed by atoms with E-state index >= 15 is 4.79 Å². The lowest BCUT2D eigenvalue weighted by Crippen LogP contribution is -2.53. The van der Waals surface area contributed by atoms with E-state index in [0.717, 1.165) is 16.1 Å². The summed E-state index contributed by atoms with van der Waals surface area (Å²) in [6.07, 6.45) is 5.91. The Morgan fingerprint density at radius 2 is 1.47 bits per heavy atom. The molecule has 2 aliphatic heterocycles. The number of methoxy groups -OCH3 is 3. The van der Waals surface area contributed by atoms with Crippen LogP contribution in [0.5, 0.6) is 23.0 Å². The van der Waals surface area contributed by atoms with E-state index in [1.54, 1.807) is 62.8 Å². The molecule has 4 aliphatic rings. The maximum absolute atomic E-state index is 15.4. The number of anilines is 2. The number of rotatable bonds is 10. The summed E-state index contributed by atoms with van der Waals surface area (Å²) in [5.41, 5.74) is 5.02. The lowest BCUT2D eigenvalue weighted by molar-refractivity contribution is -0.138. The number of allylic oxidation sites excluding steroid dienone is 2. The van der Waals surface area contributed by atoms with Gasteiger partial charge >= 0.3 is 0 Å². The zero-order valence-electron chi connectivity index (χ0n) is 33.9. The quantitative estimate of drug-likeness (QED) is 0.0805. The summed E-state index contributed by atoms with van der Waals surface area (Å²) >= 11 is 6.40. The Balaban J connectivity index is 1.12. The molecular formula is C49H41ClFN3O8. The highest BCUT2D eigenvalue weighted by molar-refractivity contribution is 6.30. The van der Waals surface area contributed by atoms with Crippen LogP contribution in [0.25, 0.3) is 12.2 Å². The number of hydrazine groups is 1. The second kappa shape index (κ2) is 15.8. The van der Waals surface area contributed by atoms with E-state index in [0.29, 0.717) is 50.3 Å². The molecule has 0 radical (unpaired) electrons. The molecule has 2 N–H and O–H groups in total. The van der Waals surface area contributed by atoms with Crippen molar-refractivity contribution in [2.75, 3.05) is 31.7 Å². The minimum atomic E-state index is -1.67. The van der Waals surface area contributed by atoms with Crippen LogP contribution >= 0.6 is 11.6 Å². The van der Waals surface area contributed by atoms with Crippen LogP contribution in [-0.2, 0) is 24.6 Å². The van der Waals surface area contributed by atoms with E-state index in [9.17, 15) is 23.9 Å². The normalized spacial score (nSPS) is 24.1. The van der Waals surface area contributed by atoms with Crippen LogP contribution in [0.2, 0.25) is 5.02 Å². The summed E-state index contributed by atoms with van der Waals surface area (Å²) < 4.78 is 30.5. The molecule has 3 fully saturated rings. The molecule has 0 spiro atoms. The number of halogens is 2. The number of aromatic hydroxyl groups is 1. The van der Waals surface area contributed by atoms with Crippen LogP contribution in [0, 0.1) is 29.5 Å². The number of nitrogens with zero attached hydrogens (tertiary/aromatic N) is 2. The molecule has 5 aromatic rings. The fourth-order valence-corrected chi connectivity index (χ4v) is 10.2. The summed E-state index contributed by atoms with van der Waals surface area (Å²) in [4.78, 5) is 60.8. The first kappa shape index (κ1) is 40.5. The van der Waals surface area contributed by atoms with E-state index < -0.39 is 58.5 Å². The highest BCUT2D eigenvalue weighted by Gasteiger charge is 2.70. The molecule has 11 nitrogen and oxygen atoms in total. The molecule has 4 amide bonds. The van der Waals surface area contributed by atoms with Crippen molar-refractivity contribution in [2.24, 2.45) is 23.7 Å². The number of nitrogens with one attached hydrogen (secondary N) is 1. The second-order valence-corrected chi connectivity index (χ2v) is 16.3. The average Bonchev–Trinajstić information content (AvgIpc) is 3.67. The molecule has 2 heterocycles. The SMILES string of the molecule is COc1ccc(OC)c(C=Cc2ccc(N3C(=O)C4CC=C5C(CC6C(=O)N(Nc7ccc(F)cc7)C(=O)C6(c6ccc(Cl)cc6)C5c5cc(OC)ccc5O)C4C3=O)cc2)c1. The number of phenolic OH excluding ortho intramolecular Hbond substituents is 1. The third-order valence-corrected chi connectivity index (χ3v) is 13.1. The number of hydrogen-bond acceptors (Lipinski definition) is 9. The zero-order chi connectivity index (χ0) is 43.4. The zero-order valence-corrected chi connectivity index (χ0v) is 34.6. The Bertz CT molecular complexity index is 2690. The number of ether oxygens (including phenoxy) is 3. The van der Waals surface area contributed by atoms with Crippen molar-refractivity contribution in [3.8, 4) is 23.0 Å². The van der Waals surface area contributed by atoms with Gasteiger partial charge in [0, 0.05) is 22.1 Å². The molecule has 314 valence electrons. The Hall–Kier alpha value is -6.92. The molecule has 9 rings (SSSR count). The van der Waals surface area contributed by atoms with E-state index in [4.69, 9.17) is 25.8 Å². The summed E-state index contributed by atoms with van der Waals surface area (Å²) in [6.45, 7) is 0. The van der Waals surface area contributed by atoms with Crippen LogP contribution in [0.4, 0.5) is 15.8 Å². The van der Waals surface area contributed by atoms with Crippen molar-refractivity contribution in [3.63, 3.8) is 0 Å². The molecule has 1 saturated carbocycles. The Labute approximate surface area is 361 Å². The predicted molar refractivity (Wildman–Crippen MR) is 231 cm³/mol. The van der Waals surface area contributed by atoms with Crippen LogP contribution in [0.15, 0.2) is 121 Å². The van der Waals surface area contributed by atoms with Gasteiger partial charge in [-0.15, -0.1) is 0 Å². The van der Waals surface area contributed by atoms with Crippen LogP contribution < -0.4 is 24.5 Å². The number of phenols is 1. The Morgan fingerprint density at radius 1 is 0.774 bits per heavy atom. The number of benzene rings is 5. The standard InChI is InChI=1S/C49H41ClFN3O8/c1-60-34-19-23-42(62-3)28(24-34)7-4-27-5-16-33(17-6-27)53-45(56)37-21-20-36-38(43(37)47(53)58)26-40-46(57)54(52-32-14-12-31(51)13-15-32)48(59)49(40,29-8-10-30(50)11-9-29)44(36)39-25-35(61-2)18-22-41(39)55/h4-20,22-25,37-38,40,43-44,52,55H,21,26H2,1-3H3. The first-order valence-electron chi connectivity index (χ1n) is 20.1. The molecule has 13 heteroatoms. The summed E-state index contributed by atoms with van der Waals surface area (Å²) in [7, 11) is 4.67. The lowest BCUT2D eigenvalue weighted by atomic mass is 9.49. The average molecular weight is 854 g/mol. The van der Waals surface area contributed by atoms with Crippen molar-refractivity contribution >= 4 is 58.8 Å². The van der Waals surface area contributed by atoms with Gasteiger partial charge in [-0.2, -0.15) is 5.01 Å². The summed E-state index contributed by atoms with van der Waals surface area (Å²) in [5, 5.41) is 13.1. The van der Waals surface area contributed by atoms with Gasteiger partial charge < -0.3 is 19.3 Å². The van der Waals surface area contributed by atoms with Gasteiger partial charge in [0.1, 0.15) is 28.8 Å². The fourth-order valence-electron chi connectivity index (χ4n) is 10.0. The smallest absolute Gasteiger partial charge is 0.260 e. The molecule has 2 aliphatic carbocycles. The lowest BCUT2D eigenvalue weighted by Gasteiger charge is -2.50. The minimum Gasteiger partial charge on any atom is -0.508 e. The molecule has 6 unspecified atom stereocenters. The van der Waals surface area contributed by atoms with Gasteiger partial charge in [0.05, 0.1) is 55.9 Å². The topological polar surface area (TPSA) is 135 Å². The van der Waals surface area contributed by atoms with Crippen LogP contribution in [0.3, 0.4) is 0 Å². The molecule has 2 saturated heterocycles. The van der Waals surface area contributed by atoms with Crippen molar-refractivity contribution in [1.82, 2.24) is 5.01 Å². The first-order valence-corrected chi connectivity index (χ1v) is 20.5. The number of fused-ring (bicyclic) bond motifs is 4. The number of amides is 4. The van der Waals surface area contributed by atoms with Gasteiger partial charge in [0.25, 0.3) is 11.8 Å². The van der Waals surface area contributed by atoms with Crippen molar-refractivity contribution in [3.05, 3.63) is 154 Å². The summed E-state index contributed by atoms with van der Waals surface area (Å²) in [6, 6.07) is 29.2. The largest absolute Gasteiger partial charge is 0.508 e. The van der Waals surface area contributed by atoms with Crippen molar-refractivity contribution in [1.29, 1.82) is 0 Å². The van der Waals surface area contributed by atoms with Gasteiger partial charge in [0.2, 0.25) is 11.8 Å². The van der Waals surface area contributed by atoms with Crippen molar-refractivity contribution < 1.29 is 42.9 Å². The summed E-state index contributed by atoms with van der Waals surface area (Å²) in [5.74, 6) is -5.25. The highest BCUT2D eigenvalue weighted by Crippen LogP contribution is 2.65. The molecule has 0 aromatic heterocycles. The van der Waals surface area contributed by atoms with E-state index in [1.807, 2.05) is 48.6 Å². The highest BCUT2D eigenvalue weighted by atomic mass is 35.5. The Kier molecular flexibility index (Phi) is 10.3. The second-order valence-electron chi connectivity index (χ2n) is 15.8. The molecule has 6 atom stereocenters. The van der Waals surface area contributed by atoms with Gasteiger partial charge in [0.15, 0.2) is 0 Å². The number of carbonyl (C=O) groups excluding carboxylic acids is 4. The first-order chi connectivity index (χ1) is 30.0. The van der Waals surface area contributed by atoms with Crippen LogP contribution in [0.1, 0.15) is 41.0 Å². The monoisotopic (exact) mass is 853 g/mol. The van der Waals surface area contributed by atoms with E-state index in [1.165, 1.54) is 42.3 Å². The maximum Gasteiger partial charge on any atom is 0.260 e. The number of imide groups is 2. The van der Waals surface area contributed by atoms with Crippen molar-refractivity contribution in [2.45, 2.75) is 24.2 Å². The third kappa shape index (κ3) is 6.48. The molecule has 62 heavy (non-hydrogen) atoms. The van der Waals surface area contributed by atoms with Gasteiger partial charge in [-0.25, -0.2) is 4.39 Å². The minimum absolute atomic E-state index is 0.0351. The number of hydrogen-bond donors (Lipinski definition) is 2. The van der Waals surface area contributed by atoms with Crippen LogP contribution in [-0.4, -0.2) is 55.1 Å². The molecular weight excluding hydrogens is 813 g/mol. The Morgan fingerprint density at radius 3 is 2.16 bits per heavy atom. The van der Waals surface area contributed by atoms with E-state index in [2.05, 4.69) is 5.43 Å². The molecule has 5 aromatic carbocycles. The third-order valence-electron chi connectivity index (χ3n) is 12.8. The van der Waals surface area contributed by atoms with E-state index in [-0.39, 0.29) is 24.5 Å². The maximum atomic E-state index is 15.4. The predicted octanol–water partition coefficient (Wildman–Crippen LogP) is 8.57. The van der Waals surface area contributed by atoms with Gasteiger partial charge in [-0.05, 0) is 115 Å². The van der Waals surface area contributed by atoms with Gasteiger partial charge in [-0.3, -0.25) is 29.5 Å². The number of carbonyl (C=O) groups is 4. The van der Waals surface area contributed by atoms with Gasteiger partial charge in [-0.1, -0.05) is 59.7 Å². The molecule has 0 bridgehead atoms.